The normalized spacial score (nSPS) is 14.9. The average molecular weight is 321 g/mol. The maximum absolute atomic E-state index is 12.1. The van der Waals surface area contributed by atoms with Gasteiger partial charge in [0.1, 0.15) is 11.9 Å². The second-order valence-electron chi connectivity index (χ2n) is 5.62. The monoisotopic (exact) mass is 321 g/mol. The summed E-state index contributed by atoms with van der Waals surface area (Å²) in [5.74, 6) is 0.683. The number of piperazine rings is 1. The third kappa shape index (κ3) is 3.70. The van der Waals surface area contributed by atoms with Crippen LogP contribution in [0.5, 0.6) is 0 Å². The van der Waals surface area contributed by atoms with Gasteiger partial charge in [0.05, 0.1) is 12.2 Å². The molecular weight excluding hydrogens is 302 g/mol. The van der Waals surface area contributed by atoms with Crippen LogP contribution in [0.25, 0.3) is 0 Å². The molecular formula is C18H19N5O. The molecule has 1 aromatic heterocycles. The van der Waals surface area contributed by atoms with Crippen LogP contribution in [0.3, 0.4) is 0 Å². The molecule has 1 aliphatic heterocycles. The predicted molar refractivity (Wildman–Crippen MR) is 91.5 cm³/mol. The molecule has 24 heavy (non-hydrogen) atoms. The molecule has 0 atom stereocenters. The number of anilines is 1. The summed E-state index contributed by atoms with van der Waals surface area (Å²) in [4.78, 5) is 20.7. The number of nitriles is 1. The first-order valence-corrected chi connectivity index (χ1v) is 7.93. The van der Waals surface area contributed by atoms with E-state index in [0.29, 0.717) is 17.8 Å². The quantitative estimate of drug-likeness (QED) is 0.923. The molecule has 0 spiro atoms. The molecule has 6 heteroatoms. The molecule has 2 aromatic rings. The minimum atomic E-state index is -0.0606. The summed E-state index contributed by atoms with van der Waals surface area (Å²) < 4.78 is 0. The van der Waals surface area contributed by atoms with Gasteiger partial charge >= 0.3 is 0 Å². The average Bonchev–Trinajstić information content (AvgIpc) is 2.67. The lowest BCUT2D eigenvalue weighted by Crippen LogP contribution is -2.50. The molecule has 6 nitrogen and oxygen atoms in total. The second kappa shape index (κ2) is 7.57. The zero-order valence-electron chi connectivity index (χ0n) is 13.4. The number of aromatic nitrogens is 1. The molecule has 1 N–H and O–H groups in total. The number of benzene rings is 1. The van der Waals surface area contributed by atoms with Crippen LogP contribution in [-0.4, -0.2) is 48.6 Å². The summed E-state index contributed by atoms with van der Waals surface area (Å²) in [6, 6.07) is 15.0. The smallest absolute Gasteiger partial charge is 0.252 e. The Balaban J connectivity index is 1.51. The predicted octanol–water partition coefficient (Wildman–Crippen LogP) is 1.46. The van der Waals surface area contributed by atoms with Gasteiger partial charge in [0.25, 0.3) is 5.91 Å². The summed E-state index contributed by atoms with van der Waals surface area (Å²) in [7, 11) is 0. The summed E-state index contributed by atoms with van der Waals surface area (Å²) >= 11 is 0. The summed E-state index contributed by atoms with van der Waals surface area (Å²) in [6.07, 6.45) is 1.71. The topological polar surface area (TPSA) is 72.3 Å². The van der Waals surface area contributed by atoms with Gasteiger partial charge in [-0.05, 0) is 24.3 Å². The van der Waals surface area contributed by atoms with E-state index in [1.807, 2.05) is 18.2 Å². The first-order chi connectivity index (χ1) is 11.8. The Morgan fingerprint density at radius 1 is 1.12 bits per heavy atom. The molecule has 1 aromatic carbocycles. The van der Waals surface area contributed by atoms with E-state index < -0.39 is 0 Å². The summed E-state index contributed by atoms with van der Waals surface area (Å²) in [5.41, 5.74) is 1.27. The van der Waals surface area contributed by atoms with Gasteiger partial charge < -0.3 is 10.2 Å². The van der Waals surface area contributed by atoms with Gasteiger partial charge in [-0.2, -0.15) is 5.26 Å². The number of rotatable bonds is 4. The molecule has 0 radical (unpaired) electrons. The number of carbonyl (C=O) groups is 1. The van der Waals surface area contributed by atoms with Gasteiger partial charge in [-0.3, -0.25) is 9.69 Å². The van der Waals surface area contributed by atoms with E-state index in [0.717, 1.165) is 32.0 Å². The van der Waals surface area contributed by atoms with Gasteiger partial charge in [-0.1, -0.05) is 18.2 Å². The molecule has 1 fully saturated rings. The highest BCUT2D eigenvalue weighted by molar-refractivity contribution is 5.94. The van der Waals surface area contributed by atoms with Crippen molar-refractivity contribution in [2.45, 2.75) is 0 Å². The van der Waals surface area contributed by atoms with Crippen molar-refractivity contribution >= 4 is 11.7 Å². The van der Waals surface area contributed by atoms with E-state index >= 15 is 0 Å². The van der Waals surface area contributed by atoms with Gasteiger partial charge in [0.2, 0.25) is 0 Å². The first kappa shape index (κ1) is 16.0. The molecule has 122 valence electrons. The van der Waals surface area contributed by atoms with E-state index in [1.165, 1.54) is 0 Å². The van der Waals surface area contributed by atoms with E-state index in [9.17, 15) is 10.1 Å². The Hall–Kier alpha value is -2.91. The minimum absolute atomic E-state index is 0.0606. The van der Waals surface area contributed by atoms with Crippen LogP contribution in [0, 0.1) is 11.3 Å². The van der Waals surface area contributed by atoms with Crippen LogP contribution < -0.4 is 10.2 Å². The maximum Gasteiger partial charge on any atom is 0.252 e. The number of nitrogens with zero attached hydrogens (tertiary/aromatic N) is 4. The van der Waals surface area contributed by atoms with Crippen LogP contribution >= 0.6 is 0 Å². The molecule has 3 rings (SSSR count). The number of pyridine rings is 1. The van der Waals surface area contributed by atoms with E-state index in [-0.39, 0.29) is 5.91 Å². The Kier molecular flexibility index (Phi) is 5.04. The van der Waals surface area contributed by atoms with Crippen LogP contribution in [0.2, 0.25) is 0 Å². The van der Waals surface area contributed by atoms with Crippen LogP contribution in [0.15, 0.2) is 48.7 Å². The molecule has 0 bridgehead atoms. The van der Waals surface area contributed by atoms with E-state index in [4.69, 9.17) is 0 Å². The SMILES string of the molecule is N#Cc1cccnc1N1CCN(CNC(=O)c2ccccc2)CC1. The lowest BCUT2D eigenvalue weighted by Gasteiger charge is -2.35. The van der Waals surface area contributed by atoms with Crippen molar-refractivity contribution in [3.05, 3.63) is 59.8 Å². The highest BCUT2D eigenvalue weighted by Gasteiger charge is 2.20. The van der Waals surface area contributed by atoms with Crippen LogP contribution in [-0.2, 0) is 0 Å². The fourth-order valence-corrected chi connectivity index (χ4v) is 2.73. The fraction of sp³-hybridized carbons (Fsp3) is 0.278. The minimum Gasteiger partial charge on any atom is -0.353 e. The highest BCUT2D eigenvalue weighted by Crippen LogP contribution is 2.17. The number of nitrogens with one attached hydrogen (secondary N) is 1. The standard InChI is InChI=1S/C18H19N5O/c19-13-16-7-4-8-20-17(16)23-11-9-22(10-12-23)14-21-18(24)15-5-2-1-3-6-15/h1-8H,9-12,14H2,(H,21,24). The third-order valence-electron chi connectivity index (χ3n) is 4.08. The van der Waals surface area contributed by atoms with Crippen molar-refractivity contribution in [1.29, 1.82) is 5.26 Å². The molecule has 1 saturated heterocycles. The number of carbonyl (C=O) groups excluding carboxylic acids is 1. The van der Waals surface area contributed by atoms with Crippen molar-refractivity contribution in [2.24, 2.45) is 0 Å². The lowest BCUT2D eigenvalue weighted by molar-refractivity contribution is 0.0920. The first-order valence-electron chi connectivity index (χ1n) is 7.93. The Labute approximate surface area is 141 Å². The van der Waals surface area contributed by atoms with Gasteiger partial charge in [0.15, 0.2) is 0 Å². The number of hydrogen-bond donors (Lipinski definition) is 1. The molecule has 0 saturated carbocycles. The van der Waals surface area contributed by atoms with E-state index in [2.05, 4.69) is 26.2 Å². The van der Waals surface area contributed by atoms with E-state index in [1.54, 1.807) is 30.5 Å². The van der Waals surface area contributed by atoms with Gasteiger partial charge in [0, 0.05) is 37.9 Å². The second-order valence-corrected chi connectivity index (χ2v) is 5.62. The molecule has 1 amide bonds. The molecule has 2 heterocycles. The zero-order valence-corrected chi connectivity index (χ0v) is 13.4. The lowest BCUT2D eigenvalue weighted by atomic mass is 10.2. The third-order valence-corrected chi connectivity index (χ3v) is 4.08. The van der Waals surface area contributed by atoms with Gasteiger partial charge in [-0.25, -0.2) is 4.98 Å². The van der Waals surface area contributed by atoms with Crippen LogP contribution in [0.1, 0.15) is 15.9 Å². The Bertz CT molecular complexity index is 733. The number of amides is 1. The molecule has 1 aliphatic rings. The fourth-order valence-electron chi connectivity index (χ4n) is 2.73. The van der Waals surface area contributed by atoms with Crippen LogP contribution in [0.4, 0.5) is 5.82 Å². The number of hydrogen-bond acceptors (Lipinski definition) is 5. The zero-order chi connectivity index (χ0) is 16.8. The Morgan fingerprint density at radius 2 is 1.88 bits per heavy atom. The summed E-state index contributed by atoms with van der Waals surface area (Å²) in [6.45, 7) is 3.72. The molecule has 0 unspecified atom stereocenters. The van der Waals surface area contributed by atoms with Gasteiger partial charge in [-0.15, -0.1) is 0 Å². The van der Waals surface area contributed by atoms with Crippen molar-refractivity contribution in [2.75, 3.05) is 37.7 Å². The highest BCUT2D eigenvalue weighted by atomic mass is 16.1. The van der Waals surface area contributed by atoms with Crippen molar-refractivity contribution in [3.8, 4) is 6.07 Å². The Morgan fingerprint density at radius 3 is 2.58 bits per heavy atom. The molecule has 0 aliphatic carbocycles. The van der Waals surface area contributed by atoms with Crippen molar-refractivity contribution in [1.82, 2.24) is 15.2 Å². The summed E-state index contributed by atoms with van der Waals surface area (Å²) in [5, 5.41) is 12.1. The van der Waals surface area contributed by atoms with Crippen molar-refractivity contribution in [3.63, 3.8) is 0 Å². The van der Waals surface area contributed by atoms with Crippen molar-refractivity contribution < 1.29 is 4.79 Å². The largest absolute Gasteiger partial charge is 0.353 e. The maximum atomic E-state index is 12.1.